The van der Waals surface area contributed by atoms with Gasteiger partial charge in [0.2, 0.25) is 5.82 Å². The van der Waals surface area contributed by atoms with Crippen molar-refractivity contribution in [3.05, 3.63) is 60.0 Å². The smallest absolute Gasteiger partial charge is 0.331 e. The Bertz CT molecular complexity index is 1270. The van der Waals surface area contributed by atoms with Gasteiger partial charge in [0.1, 0.15) is 17.6 Å². The minimum atomic E-state index is -3.69. The Morgan fingerprint density at radius 2 is 2.03 bits per heavy atom. The molecule has 0 amide bonds. The first-order chi connectivity index (χ1) is 14.9. The fourth-order valence-electron chi connectivity index (χ4n) is 2.92. The number of amidine groups is 1. The van der Waals surface area contributed by atoms with Gasteiger partial charge in [0.15, 0.2) is 6.61 Å². The number of methoxy groups -OCH3 is 1. The highest BCUT2D eigenvalue weighted by molar-refractivity contribution is 7.90. The average molecular weight is 442 g/mol. The van der Waals surface area contributed by atoms with Gasteiger partial charge in [-0.1, -0.05) is 29.4 Å². The van der Waals surface area contributed by atoms with E-state index < -0.39 is 22.0 Å². The topological polar surface area (TPSA) is 133 Å². The highest BCUT2D eigenvalue weighted by Gasteiger charge is 2.31. The van der Waals surface area contributed by atoms with Gasteiger partial charge >= 0.3 is 5.97 Å². The molecular formula is C20H18N4O6S. The highest BCUT2D eigenvalue weighted by atomic mass is 32.2. The van der Waals surface area contributed by atoms with Crippen LogP contribution in [-0.4, -0.2) is 43.5 Å². The van der Waals surface area contributed by atoms with Gasteiger partial charge in [-0.15, -0.1) is 0 Å². The van der Waals surface area contributed by atoms with E-state index in [0.717, 1.165) is 0 Å². The number of aliphatic imine (C=N–C) groups is 1. The van der Waals surface area contributed by atoms with Gasteiger partial charge < -0.3 is 14.0 Å². The molecule has 0 unspecified atom stereocenters. The van der Waals surface area contributed by atoms with Crippen LogP contribution in [0.2, 0.25) is 0 Å². The molecule has 1 N–H and O–H groups in total. The molecule has 1 atom stereocenters. The van der Waals surface area contributed by atoms with Crippen LogP contribution in [0.15, 0.2) is 62.9 Å². The summed E-state index contributed by atoms with van der Waals surface area (Å²) in [7, 11) is -2.13. The molecular weight excluding hydrogens is 424 g/mol. The van der Waals surface area contributed by atoms with Crippen LogP contribution in [0.3, 0.4) is 0 Å². The lowest BCUT2D eigenvalue weighted by Crippen LogP contribution is -2.26. The summed E-state index contributed by atoms with van der Waals surface area (Å²) in [6, 6.07) is 12.6. The van der Waals surface area contributed by atoms with E-state index in [9.17, 15) is 13.2 Å². The standard InChI is InChI=1S/C20H18N4O6S/c1-12(21-19-15-8-3-4-9-16(15)31(26,27)24-19)20(25)29-11-17-22-18(23-30-17)13-6-5-7-14(10-13)28-2/h3-10,12H,11H2,1-2H3,(H,21,24)/t12-/m0/s1. The van der Waals surface area contributed by atoms with Crippen LogP contribution in [0, 0.1) is 0 Å². The second-order valence-corrected chi connectivity index (χ2v) is 8.26. The molecule has 0 saturated heterocycles. The average Bonchev–Trinajstić information content (AvgIpc) is 3.35. The zero-order chi connectivity index (χ0) is 22.0. The van der Waals surface area contributed by atoms with Crippen LogP contribution in [-0.2, 0) is 26.2 Å². The Kier molecular flexibility index (Phi) is 5.42. The Labute approximate surface area is 178 Å². The second-order valence-electron chi connectivity index (χ2n) is 6.61. The highest BCUT2D eigenvalue weighted by Crippen LogP contribution is 2.23. The first-order valence-electron chi connectivity index (χ1n) is 9.21. The number of hydrogen-bond donors (Lipinski definition) is 1. The van der Waals surface area contributed by atoms with Crippen molar-refractivity contribution in [3.8, 4) is 17.1 Å². The summed E-state index contributed by atoms with van der Waals surface area (Å²) in [5.41, 5.74) is 1.09. The monoisotopic (exact) mass is 442 g/mol. The molecule has 1 aliphatic rings. The van der Waals surface area contributed by atoms with Gasteiger partial charge in [-0.2, -0.15) is 4.98 Å². The number of hydrogen-bond acceptors (Lipinski definition) is 9. The molecule has 1 aromatic heterocycles. The number of esters is 1. The van der Waals surface area contributed by atoms with E-state index >= 15 is 0 Å². The van der Waals surface area contributed by atoms with Gasteiger partial charge in [0.05, 0.1) is 12.0 Å². The maximum atomic E-state index is 12.3. The van der Waals surface area contributed by atoms with E-state index in [1.165, 1.54) is 13.0 Å². The van der Waals surface area contributed by atoms with Gasteiger partial charge in [-0.25, -0.2) is 13.2 Å². The summed E-state index contributed by atoms with van der Waals surface area (Å²) in [5, 5.41) is 3.87. The Balaban J connectivity index is 1.42. The summed E-state index contributed by atoms with van der Waals surface area (Å²) in [6.45, 7) is 1.26. The number of aromatic nitrogens is 2. The number of ether oxygens (including phenoxy) is 2. The number of fused-ring (bicyclic) bond motifs is 1. The molecule has 0 radical (unpaired) electrons. The van der Waals surface area contributed by atoms with Crippen LogP contribution >= 0.6 is 0 Å². The molecule has 0 spiro atoms. The molecule has 31 heavy (non-hydrogen) atoms. The number of carbonyl (C=O) groups excluding carboxylic acids is 1. The van der Waals surface area contributed by atoms with Crippen molar-refractivity contribution in [2.45, 2.75) is 24.5 Å². The number of sulfonamides is 1. The molecule has 10 nitrogen and oxygen atoms in total. The van der Waals surface area contributed by atoms with Gasteiger partial charge in [0.25, 0.3) is 15.9 Å². The first-order valence-corrected chi connectivity index (χ1v) is 10.7. The zero-order valence-corrected chi connectivity index (χ0v) is 17.4. The van der Waals surface area contributed by atoms with Gasteiger partial charge in [-0.05, 0) is 31.2 Å². The maximum absolute atomic E-state index is 12.3. The second kappa shape index (κ2) is 8.19. The van der Waals surface area contributed by atoms with E-state index in [4.69, 9.17) is 14.0 Å². The molecule has 11 heteroatoms. The minimum Gasteiger partial charge on any atom is -0.497 e. The molecule has 0 bridgehead atoms. The van der Waals surface area contributed by atoms with Crippen LogP contribution in [0.1, 0.15) is 18.4 Å². The van der Waals surface area contributed by atoms with Crippen LogP contribution in [0.4, 0.5) is 0 Å². The molecule has 0 fully saturated rings. The van der Waals surface area contributed by atoms with Gasteiger partial charge in [0, 0.05) is 11.1 Å². The van der Waals surface area contributed by atoms with E-state index in [1.807, 2.05) is 0 Å². The third-order valence-corrected chi connectivity index (χ3v) is 5.86. The van der Waals surface area contributed by atoms with Crippen molar-refractivity contribution < 1.29 is 27.2 Å². The zero-order valence-electron chi connectivity index (χ0n) is 16.6. The van der Waals surface area contributed by atoms with Crippen molar-refractivity contribution in [1.82, 2.24) is 14.9 Å². The summed E-state index contributed by atoms with van der Waals surface area (Å²) in [6.07, 6.45) is 0. The molecule has 3 aromatic rings. The molecule has 160 valence electrons. The first kappa shape index (κ1) is 20.5. The number of benzene rings is 2. The number of rotatable bonds is 6. The molecule has 2 heterocycles. The van der Waals surface area contributed by atoms with Crippen molar-refractivity contribution in [1.29, 1.82) is 0 Å². The summed E-state index contributed by atoms with van der Waals surface area (Å²) >= 11 is 0. The summed E-state index contributed by atoms with van der Waals surface area (Å²) < 4.78 is 42.1. The lowest BCUT2D eigenvalue weighted by molar-refractivity contribution is -0.146. The lowest BCUT2D eigenvalue weighted by atomic mass is 10.2. The Hall–Kier alpha value is -3.73. The summed E-state index contributed by atoms with van der Waals surface area (Å²) in [5.74, 6) is 0.510. The van der Waals surface area contributed by atoms with Crippen LogP contribution < -0.4 is 9.46 Å². The van der Waals surface area contributed by atoms with Crippen LogP contribution in [0.5, 0.6) is 5.75 Å². The van der Waals surface area contributed by atoms with Crippen molar-refractivity contribution >= 4 is 21.8 Å². The lowest BCUT2D eigenvalue weighted by Gasteiger charge is -2.07. The molecule has 4 rings (SSSR count). The van der Waals surface area contributed by atoms with Crippen molar-refractivity contribution in [2.75, 3.05) is 7.11 Å². The van der Waals surface area contributed by atoms with E-state index in [2.05, 4.69) is 19.9 Å². The Morgan fingerprint density at radius 1 is 1.23 bits per heavy atom. The Morgan fingerprint density at radius 3 is 2.84 bits per heavy atom. The number of carbonyl (C=O) groups is 1. The third-order valence-electron chi connectivity index (χ3n) is 4.46. The SMILES string of the molecule is COc1cccc(-c2noc(COC(=O)[C@H](C)N=C3NS(=O)(=O)c4ccccc43)n2)c1. The van der Waals surface area contributed by atoms with Crippen LogP contribution in [0.25, 0.3) is 11.4 Å². The third kappa shape index (κ3) is 4.26. The molecule has 1 aliphatic heterocycles. The number of nitrogens with zero attached hydrogens (tertiary/aromatic N) is 3. The number of nitrogens with one attached hydrogen (secondary N) is 1. The summed E-state index contributed by atoms with van der Waals surface area (Å²) in [4.78, 5) is 20.8. The van der Waals surface area contributed by atoms with Crippen molar-refractivity contribution in [2.24, 2.45) is 4.99 Å². The van der Waals surface area contributed by atoms with E-state index in [1.54, 1.807) is 49.6 Å². The quantitative estimate of drug-likeness (QED) is 0.573. The minimum absolute atomic E-state index is 0.0955. The maximum Gasteiger partial charge on any atom is 0.331 e. The largest absolute Gasteiger partial charge is 0.497 e. The predicted molar refractivity (Wildman–Crippen MR) is 109 cm³/mol. The van der Waals surface area contributed by atoms with Gasteiger partial charge in [-0.3, -0.25) is 9.71 Å². The van der Waals surface area contributed by atoms with E-state index in [-0.39, 0.29) is 23.2 Å². The fourth-order valence-corrected chi connectivity index (χ4v) is 4.16. The molecule has 0 aliphatic carbocycles. The molecule has 2 aromatic carbocycles. The predicted octanol–water partition coefficient (Wildman–Crippen LogP) is 1.92. The van der Waals surface area contributed by atoms with Crippen molar-refractivity contribution in [3.63, 3.8) is 0 Å². The fraction of sp³-hybridized carbons (Fsp3) is 0.200. The normalized spacial score (nSPS) is 16.4. The van der Waals surface area contributed by atoms with E-state index in [0.29, 0.717) is 22.7 Å². The molecule has 0 saturated carbocycles.